The molecule has 0 bridgehead atoms. The molecule has 0 radical (unpaired) electrons. The molecule has 0 heterocycles. The first-order valence-corrected chi connectivity index (χ1v) is 8.10. The Morgan fingerprint density at radius 3 is 2.33 bits per heavy atom. The van der Waals surface area contributed by atoms with Crippen LogP contribution in [-0.2, 0) is 25.6 Å². The lowest BCUT2D eigenvalue weighted by Gasteiger charge is -2.19. The van der Waals surface area contributed by atoms with Crippen molar-refractivity contribution >= 4 is 11.9 Å². The molecule has 0 fully saturated rings. The Labute approximate surface area is 143 Å². The van der Waals surface area contributed by atoms with E-state index in [-0.39, 0.29) is 12.6 Å². The fourth-order valence-electron chi connectivity index (χ4n) is 1.87. The third kappa shape index (κ3) is 9.15. The minimum atomic E-state index is -0.514. The molecule has 1 aromatic rings. The van der Waals surface area contributed by atoms with Crippen LogP contribution in [0, 0.1) is 0 Å². The van der Waals surface area contributed by atoms with Gasteiger partial charge in [0, 0.05) is 13.1 Å². The maximum absolute atomic E-state index is 11.6. The summed E-state index contributed by atoms with van der Waals surface area (Å²) in [5.74, 6) is 0.0132. The van der Waals surface area contributed by atoms with E-state index in [0.717, 1.165) is 5.56 Å². The smallest absolute Gasteiger partial charge is 0.344 e. The van der Waals surface area contributed by atoms with Gasteiger partial charge in [-0.2, -0.15) is 0 Å². The lowest BCUT2D eigenvalue weighted by molar-refractivity contribution is -0.157. The van der Waals surface area contributed by atoms with Crippen LogP contribution < -0.4 is 10.1 Å². The summed E-state index contributed by atoms with van der Waals surface area (Å²) in [6, 6.07) is 7.41. The summed E-state index contributed by atoms with van der Waals surface area (Å²) in [6.07, 6.45) is 0.352. The number of esters is 2. The lowest BCUT2D eigenvalue weighted by Crippen LogP contribution is -2.27. The minimum absolute atomic E-state index is 0.117. The van der Waals surface area contributed by atoms with Crippen molar-refractivity contribution < 1.29 is 23.8 Å². The summed E-state index contributed by atoms with van der Waals surface area (Å²) in [4.78, 5) is 22.8. The van der Waals surface area contributed by atoms with E-state index in [1.807, 2.05) is 32.9 Å². The molecule has 0 aliphatic carbocycles. The van der Waals surface area contributed by atoms with E-state index >= 15 is 0 Å². The Bertz CT molecular complexity index is 519. The van der Waals surface area contributed by atoms with Gasteiger partial charge in [0.25, 0.3) is 0 Å². The third-order valence-electron chi connectivity index (χ3n) is 2.84. The van der Waals surface area contributed by atoms with Gasteiger partial charge in [-0.15, -0.1) is 0 Å². The topological polar surface area (TPSA) is 73.9 Å². The molecule has 24 heavy (non-hydrogen) atoms. The predicted octanol–water partition coefficient (Wildman–Crippen LogP) is 2.45. The van der Waals surface area contributed by atoms with Gasteiger partial charge in [0.1, 0.15) is 11.4 Å². The van der Waals surface area contributed by atoms with E-state index in [2.05, 4.69) is 5.32 Å². The fourth-order valence-corrected chi connectivity index (χ4v) is 1.87. The summed E-state index contributed by atoms with van der Waals surface area (Å²) in [5, 5.41) is 3.17. The van der Waals surface area contributed by atoms with E-state index in [9.17, 15) is 9.59 Å². The molecule has 0 aliphatic rings. The number of carbonyl (C=O) groups excluding carboxylic acids is 2. The van der Waals surface area contributed by atoms with Crippen LogP contribution in [0.4, 0.5) is 0 Å². The summed E-state index contributed by atoms with van der Waals surface area (Å²) >= 11 is 0. The largest absolute Gasteiger partial charge is 0.482 e. The van der Waals surface area contributed by atoms with Crippen LogP contribution >= 0.6 is 0 Å². The standard InChI is InChI=1S/C18H27NO5/c1-5-22-16(20)10-11-19-12-14-6-8-15(9-7-14)23-13-17(21)24-18(2,3)4/h6-9,19H,5,10-13H2,1-4H3. The molecule has 0 saturated heterocycles. The Kier molecular flexibility index (Phi) is 8.26. The van der Waals surface area contributed by atoms with E-state index in [1.165, 1.54) is 0 Å². The zero-order chi connectivity index (χ0) is 18.0. The van der Waals surface area contributed by atoms with Crippen LogP contribution in [-0.4, -0.2) is 37.3 Å². The number of hydrogen-bond donors (Lipinski definition) is 1. The first-order valence-electron chi connectivity index (χ1n) is 8.10. The number of benzene rings is 1. The van der Waals surface area contributed by atoms with Gasteiger partial charge in [-0.3, -0.25) is 4.79 Å². The Balaban J connectivity index is 2.28. The fraction of sp³-hybridized carbons (Fsp3) is 0.556. The van der Waals surface area contributed by atoms with Gasteiger partial charge in [-0.25, -0.2) is 4.79 Å². The maximum atomic E-state index is 11.6. The molecule has 0 atom stereocenters. The number of ether oxygens (including phenoxy) is 3. The predicted molar refractivity (Wildman–Crippen MR) is 90.7 cm³/mol. The molecule has 1 N–H and O–H groups in total. The number of hydrogen-bond acceptors (Lipinski definition) is 6. The molecular formula is C18H27NO5. The normalized spacial score (nSPS) is 11.0. The van der Waals surface area contributed by atoms with Gasteiger partial charge >= 0.3 is 11.9 Å². The Morgan fingerprint density at radius 2 is 1.75 bits per heavy atom. The van der Waals surface area contributed by atoms with Crippen molar-refractivity contribution in [2.75, 3.05) is 19.8 Å². The molecule has 0 spiro atoms. The van der Waals surface area contributed by atoms with Gasteiger partial charge in [0.2, 0.25) is 0 Å². The second-order valence-electron chi connectivity index (χ2n) is 6.25. The number of carbonyl (C=O) groups is 2. The first kappa shape index (κ1) is 20.0. The van der Waals surface area contributed by atoms with E-state index < -0.39 is 11.6 Å². The van der Waals surface area contributed by atoms with Crippen molar-refractivity contribution in [1.29, 1.82) is 0 Å². The van der Waals surface area contributed by atoms with Crippen molar-refractivity contribution in [2.24, 2.45) is 0 Å². The monoisotopic (exact) mass is 337 g/mol. The molecule has 0 aliphatic heterocycles. The van der Waals surface area contributed by atoms with Crippen molar-refractivity contribution in [3.05, 3.63) is 29.8 Å². The first-order chi connectivity index (χ1) is 11.3. The molecule has 134 valence electrons. The average molecular weight is 337 g/mol. The van der Waals surface area contributed by atoms with Crippen molar-refractivity contribution in [3.63, 3.8) is 0 Å². The van der Waals surface area contributed by atoms with Crippen LogP contribution in [0.2, 0.25) is 0 Å². The van der Waals surface area contributed by atoms with E-state index in [4.69, 9.17) is 14.2 Å². The quantitative estimate of drug-likeness (QED) is 0.551. The molecule has 0 amide bonds. The zero-order valence-corrected chi connectivity index (χ0v) is 14.9. The number of rotatable bonds is 9. The lowest BCUT2D eigenvalue weighted by atomic mass is 10.2. The van der Waals surface area contributed by atoms with Crippen LogP contribution in [0.15, 0.2) is 24.3 Å². The van der Waals surface area contributed by atoms with Gasteiger partial charge in [0.15, 0.2) is 6.61 Å². The van der Waals surface area contributed by atoms with Gasteiger partial charge in [-0.05, 0) is 45.4 Å². The highest BCUT2D eigenvalue weighted by Crippen LogP contribution is 2.13. The molecule has 1 aromatic carbocycles. The molecule has 0 unspecified atom stereocenters. The summed E-state index contributed by atoms with van der Waals surface area (Å²) in [5.41, 5.74) is 0.544. The summed E-state index contributed by atoms with van der Waals surface area (Å²) in [6.45, 7) is 8.73. The average Bonchev–Trinajstić information content (AvgIpc) is 2.49. The van der Waals surface area contributed by atoms with E-state index in [1.54, 1.807) is 19.1 Å². The Morgan fingerprint density at radius 1 is 1.08 bits per heavy atom. The van der Waals surface area contributed by atoms with Gasteiger partial charge < -0.3 is 19.5 Å². The zero-order valence-electron chi connectivity index (χ0n) is 14.9. The van der Waals surface area contributed by atoms with Crippen molar-refractivity contribution in [3.8, 4) is 5.75 Å². The van der Waals surface area contributed by atoms with Gasteiger partial charge in [-0.1, -0.05) is 12.1 Å². The van der Waals surface area contributed by atoms with Gasteiger partial charge in [0.05, 0.1) is 13.0 Å². The molecule has 6 heteroatoms. The SMILES string of the molecule is CCOC(=O)CCNCc1ccc(OCC(=O)OC(C)(C)C)cc1. The molecule has 6 nitrogen and oxygen atoms in total. The van der Waals surface area contributed by atoms with Crippen molar-refractivity contribution in [2.45, 2.75) is 46.3 Å². The Hall–Kier alpha value is -2.08. The second-order valence-corrected chi connectivity index (χ2v) is 6.25. The minimum Gasteiger partial charge on any atom is -0.482 e. The van der Waals surface area contributed by atoms with Crippen LogP contribution in [0.5, 0.6) is 5.75 Å². The highest BCUT2D eigenvalue weighted by molar-refractivity contribution is 5.71. The highest BCUT2D eigenvalue weighted by atomic mass is 16.6. The maximum Gasteiger partial charge on any atom is 0.344 e. The molecular weight excluding hydrogens is 310 g/mol. The highest BCUT2D eigenvalue weighted by Gasteiger charge is 2.16. The summed E-state index contributed by atoms with van der Waals surface area (Å²) in [7, 11) is 0. The van der Waals surface area contributed by atoms with Crippen molar-refractivity contribution in [1.82, 2.24) is 5.32 Å². The molecule has 0 saturated carbocycles. The molecule has 0 aromatic heterocycles. The molecule has 1 rings (SSSR count). The van der Waals surface area contributed by atoms with Crippen LogP contribution in [0.1, 0.15) is 39.7 Å². The van der Waals surface area contributed by atoms with E-state index in [0.29, 0.717) is 31.9 Å². The van der Waals surface area contributed by atoms with Crippen LogP contribution in [0.25, 0.3) is 0 Å². The number of nitrogens with one attached hydrogen (secondary N) is 1. The summed E-state index contributed by atoms with van der Waals surface area (Å²) < 4.78 is 15.4. The second kappa shape index (κ2) is 9.93. The third-order valence-corrected chi connectivity index (χ3v) is 2.84. The van der Waals surface area contributed by atoms with Crippen LogP contribution in [0.3, 0.4) is 0 Å².